The van der Waals surface area contributed by atoms with Gasteiger partial charge in [0.25, 0.3) is 0 Å². The maximum Gasteiger partial charge on any atom is 0.192 e. The summed E-state index contributed by atoms with van der Waals surface area (Å²) in [6, 6.07) is 10.1. The van der Waals surface area contributed by atoms with Gasteiger partial charge in [-0.2, -0.15) is 0 Å². The minimum Gasteiger partial charge on any atom is -0.414 e. The standard InChI is InChI=1S/C29H52O8Si/c1-29(2,3)38(4,5)37-22-20-32-18-16-30-15-17-31-19-21-34-27(25-36-28-13-9-10-14-35-28)24-33-23-26-11-7-6-8-12-26/h6-8,11-12,27-28H,9-10,13-25H2,1-5H3/t27-,28?/m0/s1. The van der Waals surface area contributed by atoms with E-state index in [0.717, 1.165) is 31.4 Å². The minimum atomic E-state index is -1.70. The summed E-state index contributed by atoms with van der Waals surface area (Å²) in [6.45, 7) is 17.7. The molecule has 0 aliphatic carbocycles. The molecule has 1 aromatic carbocycles. The van der Waals surface area contributed by atoms with Crippen LogP contribution >= 0.6 is 0 Å². The smallest absolute Gasteiger partial charge is 0.192 e. The Balaban J connectivity index is 1.48. The first-order valence-corrected chi connectivity index (χ1v) is 17.0. The van der Waals surface area contributed by atoms with Gasteiger partial charge in [0.2, 0.25) is 0 Å². The predicted molar refractivity (Wildman–Crippen MR) is 151 cm³/mol. The summed E-state index contributed by atoms with van der Waals surface area (Å²) in [6.07, 6.45) is 2.83. The molecule has 0 N–H and O–H groups in total. The molecular weight excluding hydrogens is 504 g/mol. The van der Waals surface area contributed by atoms with Crippen molar-refractivity contribution in [2.24, 2.45) is 0 Å². The van der Waals surface area contributed by atoms with Crippen molar-refractivity contribution in [2.45, 2.75) is 77.2 Å². The zero-order valence-electron chi connectivity index (χ0n) is 24.4. The van der Waals surface area contributed by atoms with Crippen LogP contribution in [0.2, 0.25) is 18.1 Å². The topological polar surface area (TPSA) is 73.8 Å². The Bertz CT molecular complexity index is 692. The third kappa shape index (κ3) is 15.0. The van der Waals surface area contributed by atoms with Crippen LogP contribution in [0.5, 0.6) is 0 Å². The van der Waals surface area contributed by atoms with Gasteiger partial charge in [0.1, 0.15) is 6.10 Å². The van der Waals surface area contributed by atoms with Crippen LogP contribution in [0.4, 0.5) is 0 Å². The third-order valence-corrected chi connectivity index (χ3v) is 11.4. The highest BCUT2D eigenvalue weighted by Crippen LogP contribution is 2.36. The number of hydrogen-bond acceptors (Lipinski definition) is 8. The summed E-state index contributed by atoms with van der Waals surface area (Å²) in [7, 11) is -1.70. The molecule has 2 rings (SSSR count). The van der Waals surface area contributed by atoms with Gasteiger partial charge < -0.3 is 37.6 Å². The highest BCUT2D eigenvalue weighted by molar-refractivity contribution is 6.74. The zero-order chi connectivity index (χ0) is 27.5. The molecule has 0 amide bonds. The van der Waals surface area contributed by atoms with Gasteiger partial charge in [-0.3, -0.25) is 0 Å². The first kappa shape index (κ1) is 33.3. The summed E-state index contributed by atoms with van der Waals surface area (Å²) in [4.78, 5) is 0. The Morgan fingerprint density at radius 1 is 0.816 bits per heavy atom. The van der Waals surface area contributed by atoms with Crippen molar-refractivity contribution < 1.29 is 37.6 Å². The Kier molecular flexibility index (Phi) is 16.9. The monoisotopic (exact) mass is 556 g/mol. The molecule has 2 atom stereocenters. The molecule has 0 aromatic heterocycles. The van der Waals surface area contributed by atoms with E-state index >= 15 is 0 Å². The van der Waals surface area contributed by atoms with Crippen molar-refractivity contribution >= 4 is 8.32 Å². The van der Waals surface area contributed by atoms with E-state index < -0.39 is 8.32 Å². The molecule has 1 aliphatic heterocycles. The first-order valence-electron chi connectivity index (χ1n) is 14.1. The van der Waals surface area contributed by atoms with Gasteiger partial charge in [-0.25, -0.2) is 0 Å². The number of hydrogen-bond donors (Lipinski definition) is 0. The number of rotatable bonds is 21. The molecule has 8 nitrogen and oxygen atoms in total. The fraction of sp³-hybridized carbons (Fsp3) is 0.793. The lowest BCUT2D eigenvalue weighted by molar-refractivity contribution is -0.186. The molecule has 0 spiro atoms. The van der Waals surface area contributed by atoms with Gasteiger partial charge in [-0.1, -0.05) is 51.1 Å². The first-order chi connectivity index (χ1) is 18.3. The van der Waals surface area contributed by atoms with Crippen LogP contribution in [0.15, 0.2) is 30.3 Å². The molecular formula is C29H52O8Si. The average Bonchev–Trinajstić information content (AvgIpc) is 2.90. The summed E-state index contributed by atoms with van der Waals surface area (Å²) in [5, 5.41) is 0.218. The molecule has 0 saturated carbocycles. The average molecular weight is 557 g/mol. The molecule has 38 heavy (non-hydrogen) atoms. The molecule has 0 bridgehead atoms. The van der Waals surface area contributed by atoms with Crippen LogP contribution in [-0.4, -0.2) is 93.4 Å². The van der Waals surface area contributed by atoms with Crippen molar-refractivity contribution in [3.63, 3.8) is 0 Å². The highest BCUT2D eigenvalue weighted by atomic mass is 28.4. The molecule has 0 radical (unpaired) electrons. The van der Waals surface area contributed by atoms with Gasteiger partial charge in [-0.15, -0.1) is 0 Å². The molecule has 220 valence electrons. The molecule has 1 heterocycles. The zero-order valence-corrected chi connectivity index (χ0v) is 25.4. The van der Waals surface area contributed by atoms with E-state index in [2.05, 4.69) is 46.0 Å². The van der Waals surface area contributed by atoms with Gasteiger partial charge >= 0.3 is 0 Å². The summed E-state index contributed by atoms with van der Waals surface area (Å²) >= 11 is 0. The van der Waals surface area contributed by atoms with Gasteiger partial charge in [0.15, 0.2) is 14.6 Å². The van der Waals surface area contributed by atoms with E-state index in [9.17, 15) is 0 Å². The van der Waals surface area contributed by atoms with E-state index in [4.69, 9.17) is 37.6 Å². The summed E-state index contributed by atoms with van der Waals surface area (Å²) in [5.41, 5.74) is 1.14. The van der Waals surface area contributed by atoms with E-state index in [1.807, 2.05) is 18.2 Å². The van der Waals surface area contributed by atoms with E-state index in [0.29, 0.717) is 72.7 Å². The van der Waals surface area contributed by atoms with Gasteiger partial charge in [0.05, 0.1) is 72.7 Å². The van der Waals surface area contributed by atoms with Crippen LogP contribution < -0.4 is 0 Å². The molecule has 1 aromatic rings. The Morgan fingerprint density at radius 3 is 2.05 bits per heavy atom. The maximum absolute atomic E-state index is 6.10. The Morgan fingerprint density at radius 2 is 1.45 bits per heavy atom. The predicted octanol–water partition coefficient (Wildman–Crippen LogP) is 5.20. The van der Waals surface area contributed by atoms with Crippen molar-refractivity contribution in [3.8, 4) is 0 Å². The number of ether oxygens (including phenoxy) is 7. The Hall–Kier alpha value is -0.883. The fourth-order valence-corrected chi connectivity index (χ4v) is 4.50. The molecule has 1 fully saturated rings. The van der Waals surface area contributed by atoms with E-state index in [1.54, 1.807) is 0 Å². The summed E-state index contributed by atoms with van der Waals surface area (Å²) < 4.78 is 46.4. The van der Waals surface area contributed by atoms with Crippen molar-refractivity contribution in [1.29, 1.82) is 0 Å². The van der Waals surface area contributed by atoms with Crippen LogP contribution in [-0.2, 0) is 44.2 Å². The van der Waals surface area contributed by atoms with Crippen molar-refractivity contribution in [1.82, 2.24) is 0 Å². The van der Waals surface area contributed by atoms with E-state index in [-0.39, 0.29) is 17.4 Å². The summed E-state index contributed by atoms with van der Waals surface area (Å²) in [5.74, 6) is 0. The normalized spacial score (nSPS) is 17.6. The second kappa shape index (κ2) is 19.2. The lowest BCUT2D eigenvalue weighted by atomic mass is 10.2. The third-order valence-electron chi connectivity index (χ3n) is 6.84. The highest BCUT2D eigenvalue weighted by Gasteiger charge is 2.36. The second-order valence-corrected chi connectivity index (χ2v) is 15.9. The van der Waals surface area contributed by atoms with Crippen LogP contribution in [0.1, 0.15) is 45.6 Å². The molecule has 1 saturated heterocycles. The van der Waals surface area contributed by atoms with Crippen LogP contribution in [0.3, 0.4) is 0 Å². The lowest BCUT2D eigenvalue weighted by Crippen LogP contribution is -2.41. The molecule has 1 unspecified atom stereocenters. The van der Waals surface area contributed by atoms with Crippen LogP contribution in [0, 0.1) is 0 Å². The molecule has 9 heteroatoms. The van der Waals surface area contributed by atoms with Gasteiger partial charge in [-0.05, 0) is 43.0 Å². The second-order valence-electron chi connectivity index (χ2n) is 11.1. The Labute approximate surface area is 231 Å². The van der Waals surface area contributed by atoms with Gasteiger partial charge in [0, 0.05) is 6.61 Å². The molecule has 1 aliphatic rings. The van der Waals surface area contributed by atoms with Crippen molar-refractivity contribution in [2.75, 3.05) is 72.7 Å². The SMILES string of the molecule is CC(C)(C)[Si](C)(C)OCCOCCOCCOCCO[C@@H](COCc1ccccc1)COC1CCCCO1. The van der Waals surface area contributed by atoms with E-state index in [1.165, 1.54) is 0 Å². The van der Waals surface area contributed by atoms with Crippen molar-refractivity contribution in [3.05, 3.63) is 35.9 Å². The minimum absolute atomic E-state index is 0.147. The largest absolute Gasteiger partial charge is 0.414 e. The number of benzene rings is 1. The van der Waals surface area contributed by atoms with Crippen LogP contribution in [0.25, 0.3) is 0 Å². The fourth-order valence-electron chi connectivity index (χ4n) is 3.47. The lowest BCUT2D eigenvalue weighted by Gasteiger charge is -2.36. The quantitative estimate of drug-likeness (QED) is 0.151. The maximum atomic E-state index is 6.10.